The van der Waals surface area contributed by atoms with E-state index < -0.39 is 0 Å². The van der Waals surface area contributed by atoms with Crippen LogP contribution < -0.4 is 5.32 Å². The van der Waals surface area contributed by atoms with Crippen molar-refractivity contribution in [2.45, 2.75) is 51.5 Å². The molecular formula is C17H27N. The van der Waals surface area contributed by atoms with Gasteiger partial charge in [0.2, 0.25) is 0 Å². The average molecular weight is 245 g/mol. The van der Waals surface area contributed by atoms with Gasteiger partial charge in [-0.15, -0.1) is 6.58 Å². The summed E-state index contributed by atoms with van der Waals surface area (Å²) in [5.41, 5.74) is 1.46. The van der Waals surface area contributed by atoms with Gasteiger partial charge in [0.1, 0.15) is 0 Å². The number of hydrogen-bond acceptors (Lipinski definition) is 1. The van der Waals surface area contributed by atoms with Gasteiger partial charge in [-0.25, -0.2) is 0 Å². The SMILES string of the molecule is C=CCCCC(NCC)C(CC)c1ccccc1. The van der Waals surface area contributed by atoms with Crippen molar-refractivity contribution in [2.24, 2.45) is 0 Å². The topological polar surface area (TPSA) is 12.0 Å². The maximum absolute atomic E-state index is 3.81. The van der Waals surface area contributed by atoms with Crippen LogP contribution in [0.2, 0.25) is 0 Å². The van der Waals surface area contributed by atoms with Crippen molar-refractivity contribution in [2.75, 3.05) is 6.54 Å². The summed E-state index contributed by atoms with van der Waals surface area (Å²) >= 11 is 0. The minimum atomic E-state index is 0.586. The van der Waals surface area contributed by atoms with Crippen LogP contribution >= 0.6 is 0 Å². The Bertz CT molecular complexity index is 318. The lowest BCUT2D eigenvalue weighted by molar-refractivity contribution is 0.399. The summed E-state index contributed by atoms with van der Waals surface area (Å²) in [6.45, 7) is 9.33. The van der Waals surface area contributed by atoms with Crippen LogP contribution in [0.5, 0.6) is 0 Å². The van der Waals surface area contributed by atoms with E-state index in [4.69, 9.17) is 0 Å². The van der Waals surface area contributed by atoms with Crippen LogP contribution in [0.1, 0.15) is 51.0 Å². The molecule has 18 heavy (non-hydrogen) atoms. The molecule has 0 aromatic heterocycles. The van der Waals surface area contributed by atoms with E-state index in [-0.39, 0.29) is 0 Å². The van der Waals surface area contributed by atoms with Crippen LogP contribution in [0.15, 0.2) is 43.0 Å². The van der Waals surface area contributed by atoms with E-state index in [1.54, 1.807) is 0 Å². The zero-order chi connectivity index (χ0) is 13.2. The Morgan fingerprint density at radius 1 is 1.22 bits per heavy atom. The molecule has 0 saturated carbocycles. The summed E-state index contributed by atoms with van der Waals surface area (Å²) < 4.78 is 0. The number of allylic oxidation sites excluding steroid dienone is 1. The second-order valence-electron chi connectivity index (χ2n) is 4.81. The Hall–Kier alpha value is -1.08. The van der Waals surface area contributed by atoms with Gasteiger partial charge < -0.3 is 5.32 Å². The number of rotatable bonds is 9. The molecule has 1 rings (SSSR count). The summed E-state index contributed by atoms with van der Waals surface area (Å²) in [6.07, 6.45) is 6.78. The molecular weight excluding hydrogens is 218 g/mol. The molecule has 0 radical (unpaired) electrons. The summed E-state index contributed by atoms with van der Waals surface area (Å²) in [6, 6.07) is 11.5. The summed E-state index contributed by atoms with van der Waals surface area (Å²) in [5.74, 6) is 0.621. The summed E-state index contributed by atoms with van der Waals surface area (Å²) in [4.78, 5) is 0. The number of hydrogen-bond donors (Lipinski definition) is 1. The highest BCUT2D eigenvalue weighted by molar-refractivity contribution is 5.21. The fourth-order valence-corrected chi connectivity index (χ4v) is 2.64. The Kier molecular flexibility index (Phi) is 7.43. The second kappa shape index (κ2) is 8.93. The van der Waals surface area contributed by atoms with E-state index in [1.807, 2.05) is 6.08 Å². The fourth-order valence-electron chi connectivity index (χ4n) is 2.64. The van der Waals surface area contributed by atoms with Gasteiger partial charge in [-0.1, -0.05) is 50.3 Å². The van der Waals surface area contributed by atoms with Crippen LogP contribution in [-0.4, -0.2) is 12.6 Å². The van der Waals surface area contributed by atoms with Gasteiger partial charge in [-0.05, 0) is 43.7 Å². The normalized spacial score (nSPS) is 14.1. The molecule has 0 amide bonds. The molecule has 0 bridgehead atoms. The largest absolute Gasteiger partial charge is 0.314 e. The maximum atomic E-state index is 3.81. The number of benzene rings is 1. The smallest absolute Gasteiger partial charge is 0.0136 e. The highest BCUT2D eigenvalue weighted by Crippen LogP contribution is 2.26. The third-order valence-corrected chi connectivity index (χ3v) is 3.54. The molecule has 1 aromatic carbocycles. The molecule has 100 valence electrons. The number of unbranched alkanes of at least 4 members (excludes halogenated alkanes) is 1. The van der Waals surface area contributed by atoms with Gasteiger partial charge >= 0.3 is 0 Å². The molecule has 0 aliphatic heterocycles. The Morgan fingerprint density at radius 3 is 2.50 bits per heavy atom. The van der Waals surface area contributed by atoms with E-state index in [0.717, 1.165) is 13.0 Å². The first-order chi connectivity index (χ1) is 8.83. The lowest BCUT2D eigenvalue weighted by atomic mass is 9.86. The average Bonchev–Trinajstić information content (AvgIpc) is 2.41. The third-order valence-electron chi connectivity index (χ3n) is 3.54. The monoisotopic (exact) mass is 245 g/mol. The third kappa shape index (κ3) is 4.66. The molecule has 2 unspecified atom stereocenters. The van der Waals surface area contributed by atoms with Gasteiger partial charge in [0.25, 0.3) is 0 Å². The van der Waals surface area contributed by atoms with Crippen molar-refractivity contribution >= 4 is 0 Å². The molecule has 1 N–H and O–H groups in total. The standard InChI is InChI=1S/C17H27N/c1-4-7-9-14-17(18-6-3)16(5-2)15-12-10-8-11-13-15/h4,8,10-13,16-18H,1,5-7,9,14H2,2-3H3. The summed E-state index contributed by atoms with van der Waals surface area (Å²) in [7, 11) is 0. The van der Waals surface area contributed by atoms with Crippen molar-refractivity contribution in [3.63, 3.8) is 0 Å². The van der Waals surface area contributed by atoms with Crippen LogP contribution in [-0.2, 0) is 0 Å². The van der Waals surface area contributed by atoms with Crippen LogP contribution in [0.25, 0.3) is 0 Å². The molecule has 0 spiro atoms. The predicted molar refractivity (Wildman–Crippen MR) is 81.0 cm³/mol. The lowest BCUT2D eigenvalue weighted by Crippen LogP contribution is -2.34. The highest BCUT2D eigenvalue weighted by Gasteiger charge is 2.19. The minimum Gasteiger partial charge on any atom is -0.314 e. The molecule has 0 saturated heterocycles. The van der Waals surface area contributed by atoms with E-state index in [9.17, 15) is 0 Å². The van der Waals surface area contributed by atoms with Gasteiger partial charge in [-0.2, -0.15) is 0 Å². The molecule has 0 aliphatic carbocycles. The van der Waals surface area contributed by atoms with Crippen molar-refractivity contribution in [1.82, 2.24) is 5.32 Å². The molecule has 2 atom stereocenters. The molecule has 0 fully saturated rings. The summed E-state index contributed by atoms with van der Waals surface area (Å²) in [5, 5.41) is 3.66. The molecule has 1 aromatic rings. The lowest BCUT2D eigenvalue weighted by Gasteiger charge is -2.27. The number of likely N-dealkylation sites (N-methyl/N-ethyl adjacent to an activating group) is 1. The van der Waals surface area contributed by atoms with E-state index in [1.165, 1.54) is 24.8 Å². The predicted octanol–water partition coefficient (Wildman–Crippen LogP) is 4.51. The van der Waals surface area contributed by atoms with Crippen LogP contribution in [0.4, 0.5) is 0 Å². The Labute approximate surface area is 112 Å². The van der Waals surface area contributed by atoms with Gasteiger partial charge in [-0.3, -0.25) is 0 Å². The van der Waals surface area contributed by atoms with Crippen molar-refractivity contribution in [1.29, 1.82) is 0 Å². The van der Waals surface area contributed by atoms with Gasteiger partial charge in [0, 0.05) is 6.04 Å². The first-order valence-corrected chi connectivity index (χ1v) is 7.22. The minimum absolute atomic E-state index is 0.586. The van der Waals surface area contributed by atoms with E-state index >= 15 is 0 Å². The first-order valence-electron chi connectivity index (χ1n) is 7.22. The van der Waals surface area contributed by atoms with Gasteiger partial charge in [0.15, 0.2) is 0 Å². The van der Waals surface area contributed by atoms with Crippen molar-refractivity contribution in [3.05, 3.63) is 48.6 Å². The first kappa shape index (κ1) is 15.0. The zero-order valence-corrected chi connectivity index (χ0v) is 11.9. The molecule has 1 nitrogen and oxygen atoms in total. The van der Waals surface area contributed by atoms with E-state index in [2.05, 4.69) is 56.1 Å². The Morgan fingerprint density at radius 2 is 1.94 bits per heavy atom. The van der Waals surface area contributed by atoms with E-state index in [0.29, 0.717) is 12.0 Å². The number of nitrogens with one attached hydrogen (secondary N) is 1. The van der Waals surface area contributed by atoms with Crippen LogP contribution in [0, 0.1) is 0 Å². The zero-order valence-electron chi connectivity index (χ0n) is 11.9. The molecule has 0 heterocycles. The van der Waals surface area contributed by atoms with Crippen molar-refractivity contribution in [3.8, 4) is 0 Å². The fraction of sp³-hybridized carbons (Fsp3) is 0.529. The Balaban J connectivity index is 2.70. The second-order valence-corrected chi connectivity index (χ2v) is 4.81. The van der Waals surface area contributed by atoms with Crippen molar-refractivity contribution < 1.29 is 0 Å². The maximum Gasteiger partial charge on any atom is 0.0136 e. The van der Waals surface area contributed by atoms with Crippen LogP contribution in [0.3, 0.4) is 0 Å². The molecule has 1 heteroatoms. The quantitative estimate of drug-likeness (QED) is 0.498. The highest BCUT2D eigenvalue weighted by atomic mass is 14.9. The van der Waals surface area contributed by atoms with Gasteiger partial charge in [0.05, 0.1) is 0 Å². The molecule has 0 aliphatic rings.